The lowest BCUT2D eigenvalue weighted by atomic mass is 9.83. The lowest BCUT2D eigenvalue weighted by Crippen LogP contribution is -2.50. The van der Waals surface area contributed by atoms with Crippen LogP contribution in [0.1, 0.15) is 29.9 Å². The molecule has 2 atom stereocenters. The zero-order valence-electron chi connectivity index (χ0n) is 15.2. The van der Waals surface area contributed by atoms with E-state index in [1.165, 1.54) is 24.3 Å². The van der Waals surface area contributed by atoms with E-state index in [-0.39, 0.29) is 29.6 Å². The summed E-state index contributed by atoms with van der Waals surface area (Å²) in [6, 6.07) is 13.1. The molecule has 5 heteroatoms. The molecule has 0 aromatic heterocycles. The zero-order chi connectivity index (χ0) is 18.7. The van der Waals surface area contributed by atoms with Crippen molar-refractivity contribution in [3.63, 3.8) is 0 Å². The maximum Gasteiger partial charge on any atom is 0.319 e. The monoisotopic (exact) mass is 358 g/mol. The highest BCUT2D eigenvalue weighted by molar-refractivity contribution is 5.74. The first kappa shape index (κ1) is 18.4. The Kier molecular flexibility index (Phi) is 5.55. The molecule has 1 aliphatic heterocycles. The van der Waals surface area contributed by atoms with Gasteiger partial charge in [0.25, 0.3) is 0 Å². The molecule has 0 aliphatic carbocycles. The summed E-state index contributed by atoms with van der Waals surface area (Å²) in [4.78, 5) is 16.1. The lowest BCUT2D eigenvalue weighted by Gasteiger charge is -2.41. The summed E-state index contributed by atoms with van der Waals surface area (Å²) in [5.41, 5.74) is 2.11. The first-order chi connectivity index (χ1) is 12.4. The van der Waals surface area contributed by atoms with Gasteiger partial charge in [-0.1, -0.05) is 24.3 Å². The molecule has 0 bridgehead atoms. The first-order valence-corrected chi connectivity index (χ1v) is 8.92. The van der Waals surface area contributed by atoms with Crippen LogP contribution in [0.15, 0.2) is 48.5 Å². The van der Waals surface area contributed by atoms with E-state index in [9.17, 15) is 13.6 Å². The number of urea groups is 1. The summed E-state index contributed by atoms with van der Waals surface area (Å²) in [5, 5.41) is 0. The number of hydrogen-bond donors (Lipinski definition) is 0. The lowest BCUT2D eigenvalue weighted by molar-refractivity contribution is 0.121. The molecule has 3 rings (SSSR count). The summed E-state index contributed by atoms with van der Waals surface area (Å²) in [6.07, 6.45) is 2.34. The van der Waals surface area contributed by atoms with E-state index >= 15 is 0 Å². The van der Waals surface area contributed by atoms with Crippen LogP contribution in [0.5, 0.6) is 0 Å². The summed E-state index contributed by atoms with van der Waals surface area (Å²) in [7, 11) is 3.51. The fourth-order valence-corrected chi connectivity index (χ4v) is 3.68. The molecule has 1 heterocycles. The molecule has 1 aliphatic rings. The van der Waals surface area contributed by atoms with Crippen molar-refractivity contribution in [3.8, 4) is 0 Å². The third-order valence-electron chi connectivity index (χ3n) is 5.07. The minimum atomic E-state index is -0.261. The highest BCUT2D eigenvalue weighted by Crippen LogP contribution is 2.33. The normalized spacial score (nSPS) is 20.1. The van der Waals surface area contributed by atoms with E-state index in [0.29, 0.717) is 13.0 Å². The number of rotatable bonds is 3. The Morgan fingerprint density at radius 2 is 1.62 bits per heavy atom. The molecule has 0 N–H and O–H groups in total. The van der Waals surface area contributed by atoms with E-state index in [1.807, 2.05) is 17.0 Å². The number of halogens is 2. The predicted molar refractivity (Wildman–Crippen MR) is 98.1 cm³/mol. The van der Waals surface area contributed by atoms with Crippen LogP contribution in [-0.4, -0.2) is 42.5 Å². The van der Waals surface area contributed by atoms with Gasteiger partial charge in [-0.15, -0.1) is 0 Å². The van der Waals surface area contributed by atoms with Gasteiger partial charge in [0.1, 0.15) is 11.6 Å². The van der Waals surface area contributed by atoms with Gasteiger partial charge in [-0.25, -0.2) is 13.6 Å². The number of carbonyl (C=O) groups is 1. The molecule has 2 unspecified atom stereocenters. The van der Waals surface area contributed by atoms with Crippen molar-refractivity contribution < 1.29 is 13.6 Å². The first-order valence-electron chi connectivity index (χ1n) is 8.92. The molecular formula is C21H24F2N2O. The van der Waals surface area contributed by atoms with Crippen LogP contribution >= 0.6 is 0 Å². The van der Waals surface area contributed by atoms with Crippen molar-refractivity contribution in [2.24, 2.45) is 0 Å². The molecule has 2 aromatic rings. The van der Waals surface area contributed by atoms with Crippen LogP contribution in [0.4, 0.5) is 13.6 Å². The number of carbonyl (C=O) groups excluding carboxylic acids is 1. The molecule has 0 spiro atoms. The Bertz CT molecular complexity index is 744. The van der Waals surface area contributed by atoms with Crippen LogP contribution < -0.4 is 0 Å². The number of amides is 2. The number of piperidine rings is 1. The van der Waals surface area contributed by atoms with Crippen molar-refractivity contribution in [2.45, 2.75) is 31.2 Å². The zero-order valence-corrected chi connectivity index (χ0v) is 15.2. The van der Waals surface area contributed by atoms with Crippen LogP contribution in [0.3, 0.4) is 0 Å². The number of nitrogens with zero attached hydrogens (tertiary/aromatic N) is 2. The van der Waals surface area contributed by atoms with Gasteiger partial charge < -0.3 is 9.80 Å². The Morgan fingerprint density at radius 1 is 1.04 bits per heavy atom. The van der Waals surface area contributed by atoms with Gasteiger partial charge in [-0.2, -0.15) is 0 Å². The van der Waals surface area contributed by atoms with Gasteiger partial charge in [0.15, 0.2) is 0 Å². The Hall–Kier alpha value is -2.43. The average molecular weight is 358 g/mol. The molecule has 2 amide bonds. The number of benzene rings is 2. The minimum absolute atomic E-state index is 0.00494. The highest BCUT2D eigenvalue weighted by Gasteiger charge is 2.33. The van der Waals surface area contributed by atoms with Crippen molar-refractivity contribution in [1.82, 2.24) is 9.80 Å². The SMILES string of the molecule is CN(C)C(=O)N1CCC(c2ccc(F)cc2)CC1Cc1ccc(F)cc1. The quantitative estimate of drug-likeness (QED) is 0.796. The van der Waals surface area contributed by atoms with Gasteiger partial charge in [0, 0.05) is 26.7 Å². The van der Waals surface area contributed by atoms with Crippen LogP contribution in [0.2, 0.25) is 0 Å². The third-order valence-corrected chi connectivity index (χ3v) is 5.07. The van der Waals surface area contributed by atoms with E-state index < -0.39 is 0 Å². The Morgan fingerprint density at radius 3 is 2.19 bits per heavy atom. The molecular weight excluding hydrogens is 334 g/mol. The highest BCUT2D eigenvalue weighted by atomic mass is 19.1. The molecule has 0 radical (unpaired) electrons. The second-order valence-electron chi connectivity index (χ2n) is 7.13. The standard InChI is InChI=1S/C21H24F2N2O/c1-24(2)21(26)25-12-11-17(16-5-9-19(23)10-6-16)14-20(25)13-15-3-7-18(22)8-4-15/h3-10,17,20H,11-14H2,1-2H3. The molecule has 0 saturated carbocycles. The number of hydrogen-bond acceptors (Lipinski definition) is 1. The molecule has 138 valence electrons. The maximum absolute atomic E-state index is 13.2. The second kappa shape index (κ2) is 7.85. The summed E-state index contributed by atoms with van der Waals surface area (Å²) in [5.74, 6) is -0.216. The van der Waals surface area contributed by atoms with Crippen molar-refractivity contribution >= 4 is 6.03 Å². The van der Waals surface area contributed by atoms with Gasteiger partial charge in [-0.3, -0.25) is 0 Å². The summed E-state index contributed by atoms with van der Waals surface area (Å²) < 4.78 is 26.4. The number of likely N-dealkylation sites (tertiary alicyclic amines) is 1. The molecule has 1 fully saturated rings. The minimum Gasteiger partial charge on any atom is -0.331 e. The maximum atomic E-state index is 13.2. The van der Waals surface area contributed by atoms with Gasteiger partial charge in [-0.05, 0) is 60.6 Å². The van der Waals surface area contributed by atoms with E-state index in [1.54, 1.807) is 31.1 Å². The summed E-state index contributed by atoms with van der Waals surface area (Å²) in [6.45, 7) is 0.658. The third kappa shape index (κ3) is 4.21. The topological polar surface area (TPSA) is 23.6 Å². The fourth-order valence-electron chi connectivity index (χ4n) is 3.68. The van der Waals surface area contributed by atoms with Crippen LogP contribution in [0, 0.1) is 11.6 Å². The van der Waals surface area contributed by atoms with Gasteiger partial charge >= 0.3 is 6.03 Å². The van der Waals surface area contributed by atoms with Gasteiger partial charge in [0.05, 0.1) is 0 Å². The van der Waals surface area contributed by atoms with E-state index in [4.69, 9.17) is 0 Å². The molecule has 26 heavy (non-hydrogen) atoms. The molecule has 1 saturated heterocycles. The Labute approximate surface area is 153 Å². The predicted octanol–water partition coefficient (Wildman–Crippen LogP) is 4.44. The van der Waals surface area contributed by atoms with Crippen molar-refractivity contribution in [2.75, 3.05) is 20.6 Å². The smallest absolute Gasteiger partial charge is 0.319 e. The van der Waals surface area contributed by atoms with E-state index in [2.05, 4.69) is 0 Å². The van der Waals surface area contributed by atoms with Crippen LogP contribution in [-0.2, 0) is 6.42 Å². The fraction of sp³-hybridized carbons (Fsp3) is 0.381. The van der Waals surface area contributed by atoms with Gasteiger partial charge in [0.2, 0.25) is 0 Å². The molecule has 2 aromatic carbocycles. The average Bonchev–Trinajstić information content (AvgIpc) is 2.63. The van der Waals surface area contributed by atoms with Crippen LogP contribution in [0.25, 0.3) is 0 Å². The molecule has 3 nitrogen and oxygen atoms in total. The largest absolute Gasteiger partial charge is 0.331 e. The second-order valence-corrected chi connectivity index (χ2v) is 7.13. The van der Waals surface area contributed by atoms with E-state index in [0.717, 1.165) is 24.0 Å². The van der Waals surface area contributed by atoms with Crippen molar-refractivity contribution in [1.29, 1.82) is 0 Å². The summed E-state index contributed by atoms with van der Waals surface area (Å²) >= 11 is 0. The van der Waals surface area contributed by atoms with Crippen molar-refractivity contribution in [3.05, 3.63) is 71.3 Å². The Balaban J connectivity index is 1.81.